The van der Waals surface area contributed by atoms with Gasteiger partial charge in [-0.2, -0.15) is 5.26 Å². The van der Waals surface area contributed by atoms with Crippen molar-refractivity contribution in [2.45, 2.75) is 6.42 Å². The number of rotatable bonds is 8. The van der Waals surface area contributed by atoms with E-state index in [2.05, 4.69) is 16.3 Å². The topological polar surface area (TPSA) is 64.9 Å². The number of alkyl halides is 1. The number of aryl methyl sites for hydroxylation is 1. The Balaban J connectivity index is 1.75. The summed E-state index contributed by atoms with van der Waals surface area (Å²) in [7, 11) is 3.94. The quantitative estimate of drug-likeness (QED) is 0.292. The van der Waals surface area contributed by atoms with Gasteiger partial charge in [0.25, 0.3) is 0 Å². The maximum atomic E-state index is 8.70. The van der Waals surface area contributed by atoms with E-state index >= 15 is 0 Å². The van der Waals surface area contributed by atoms with Gasteiger partial charge in [-0.3, -0.25) is 0 Å². The third kappa shape index (κ3) is 4.77. The molecule has 1 aromatic heterocycles. The molecule has 0 unspecified atom stereocenters. The highest BCUT2D eigenvalue weighted by molar-refractivity contribution is 7.21. The summed E-state index contributed by atoms with van der Waals surface area (Å²) in [5.74, 6) is 1.26. The molecule has 0 amide bonds. The lowest BCUT2D eigenvalue weighted by atomic mass is 10.2. The Morgan fingerprint density at radius 2 is 2.00 bits per heavy atom. The van der Waals surface area contributed by atoms with Crippen LogP contribution in [-0.4, -0.2) is 26.1 Å². The molecule has 0 radical (unpaired) electrons. The van der Waals surface area contributed by atoms with Gasteiger partial charge in [0.05, 0.1) is 35.2 Å². The van der Waals surface area contributed by atoms with E-state index in [0.29, 0.717) is 25.5 Å². The van der Waals surface area contributed by atoms with Gasteiger partial charge in [-0.1, -0.05) is 0 Å². The summed E-state index contributed by atoms with van der Waals surface area (Å²) in [6.07, 6.45) is 0.499. The normalized spacial score (nSPS) is 11.1. The molecular formula is C20H21ClN5OS+. The van der Waals surface area contributed by atoms with Crippen LogP contribution >= 0.6 is 22.9 Å². The van der Waals surface area contributed by atoms with Crippen LogP contribution in [0.5, 0.6) is 5.75 Å². The first-order valence-electron chi connectivity index (χ1n) is 8.83. The van der Waals surface area contributed by atoms with Crippen LogP contribution in [0.1, 0.15) is 6.42 Å². The Morgan fingerprint density at radius 1 is 1.21 bits per heavy atom. The van der Waals surface area contributed by atoms with Gasteiger partial charge in [0.15, 0.2) is 0 Å². The average Bonchev–Trinajstić information content (AvgIpc) is 3.04. The first-order valence-corrected chi connectivity index (χ1v) is 10.2. The van der Waals surface area contributed by atoms with Crippen molar-refractivity contribution in [1.29, 1.82) is 5.26 Å². The lowest BCUT2D eigenvalue weighted by molar-refractivity contribution is -0.627. The van der Waals surface area contributed by atoms with E-state index in [1.807, 2.05) is 66.0 Å². The van der Waals surface area contributed by atoms with Crippen LogP contribution in [0.2, 0.25) is 0 Å². The van der Waals surface area contributed by atoms with E-state index in [1.54, 1.807) is 11.3 Å². The fourth-order valence-electron chi connectivity index (χ4n) is 2.68. The number of fused-ring (bicyclic) bond motifs is 1. The maximum Gasteiger partial charge on any atom is 0.409 e. The number of hydrogen-bond acceptors (Lipinski definition) is 6. The summed E-state index contributed by atoms with van der Waals surface area (Å²) < 4.78 is 8.68. The van der Waals surface area contributed by atoms with Crippen molar-refractivity contribution in [3.63, 3.8) is 0 Å². The van der Waals surface area contributed by atoms with Gasteiger partial charge in [-0.25, -0.2) is 4.57 Å². The molecule has 1 heterocycles. The molecule has 0 saturated carbocycles. The van der Waals surface area contributed by atoms with Crippen LogP contribution in [0.25, 0.3) is 10.2 Å². The van der Waals surface area contributed by atoms with Gasteiger partial charge in [-0.05, 0) is 52.8 Å². The van der Waals surface area contributed by atoms with E-state index in [4.69, 9.17) is 21.6 Å². The molecule has 6 nitrogen and oxygen atoms in total. The summed E-state index contributed by atoms with van der Waals surface area (Å²) in [6, 6.07) is 15.9. The predicted molar refractivity (Wildman–Crippen MR) is 113 cm³/mol. The molecule has 144 valence electrons. The first-order chi connectivity index (χ1) is 13.6. The zero-order chi connectivity index (χ0) is 19.9. The largest absolute Gasteiger partial charge is 0.492 e. The lowest BCUT2D eigenvalue weighted by Crippen LogP contribution is -2.25. The fraction of sp³-hybridized carbons (Fsp3) is 0.300. The van der Waals surface area contributed by atoms with Crippen LogP contribution in [0.4, 0.5) is 16.5 Å². The number of thiazole rings is 1. The molecule has 3 rings (SSSR count). The van der Waals surface area contributed by atoms with E-state index in [9.17, 15) is 0 Å². The molecule has 0 atom stereocenters. The zero-order valence-electron chi connectivity index (χ0n) is 15.8. The van der Waals surface area contributed by atoms with Crippen molar-refractivity contribution in [3.05, 3.63) is 42.5 Å². The highest BCUT2D eigenvalue weighted by Crippen LogP contribution is 2.30. The van der Waals surface area contributed by atoms with Crippen LogP contribution in [0.3, 0.4) is 0 Å². The highest BCUT2D eigenvalue weighted by atomic mass is 35.5. The minimum absolute atomic E-state index is 0.461. The standard InChI is InChI=1S/C20H21ClN5OS/c1-25(12-3-11-22)16-6-4-15(5-7-16)23-24-20-26(2)18-9-8-17(27-13-10-21)14-19(18)28-20/h4-9,14H,3,10,12-13H2,1-2H3/q+1. The van der Waals surface area contributed by atoms with Crippen LogP contribution < -0.4 is 14.2 Å². The molecule has 2 aromatic carbocycles. The van der Waals surface area contributed by atoms with Crippen molar-refractivity contribution < 1.29 is 9.30 Å². The second-order valence-corrected chi connectivity index (χ2v) is 7.54. The van der Waals surface area contributed by atoms with Crippen molar-refractivity contribution in [1.82, 2.24) is 0 Å². The van der Waals surface area contributed by atoms with Gasteiger partial charge in [0, 0.05) is 25.3 Å². The Kier molecular flexibility index (Phi) is 6.80. The average molecular weight is 415 g/mol. The molecule has 0 fully saturated rings. The molecule has 0 saturated heterocycles. The van der Waals surface area contributed by atoms with Crippen LogP contribution in [0, 0.1) is 11.3 Å². The molecule has 0 N–H and O–H groups in total. The molecule has 3 aromatic rings. The summed E-state index contributed by atoms with van der Waals surface area (Å²) in [4.78, 5) is 2.04. The van der Waals surface area contributed by atoms with E-state index in [0.717, 1.165) is 32.5 Å². The Morgan fingerprint density at radius 3 is 2.71 bits per heavy atom. The maximum absolute atomic E-state index is 8.70. The number of halogens is 1. The van der Waals surface area contributed by atoms with Gasteiger partial charge < -0.3 is 9.64 Å². The van der Waals surface area contributed by atoms with Gasteiger partial charge in [0.2, 0.25) is 0 Å². The van der Waals surface area contributed by atoms with E-state index < -0.39 is 0 Å². The smallest absolute Gasteiger partial charge is 0.409 e. The van der Waals surface area contributed by atoms with Gasteiger partial charge in [0.1, 0.15) is 23.6 Å². The third-order valence-electron chi connectivity index (χ3n) is 4.23. The third-order valence-corrected chi connectivity index (χ3v) is 5.47. The summed E-state index contributed by atoms with van der Waals surface area (Å²) in [6.45, 7) is 1.18. The fourth-order valence-corrected chi connectivity index (χ4v) is 3.75. The number of nitriles is 1. The lowest BCUT2D eigenvalue weighted by Gasteiger charge is -2.17. The number of azo groups is 1. The number of benzene rings is 2. The Bertz CT molecular complexity index is 1010. The molecule has 0 aliphatic rings. The molecule has 0 aliphatic heterocycles. The molecule has 0 aliphatic carbocycles. The monoisotopic (exact) mass is 414 g/mol. The summed E-state index contributed by atoms with van der Waals surface area (Å²) >= 11 is 7.24. The van der Waals surface area contributed by atoms with E-state index in [1.165, 1.54) is 0 Å². The van der Waals surface area contributed by atoms with Gasteiger partial charge in [-0.15, -0.1) is 11.6 Å². The van der Waals surface area contributed by atoms with Crippen LogP contribution in [0.15, 0.2) is 52.7 Å². The van der Waals surface area contributed by atoms with Crippen molar-refractivity contribution in [3.8, 4) is 11.8 Å². The minimum atomic E-state index is 0.461. The molecule has 0 bridgehead atoms. The number of nitrogens with zero attached hydrogens (tertiary/aromatic N) is 5. The summed E-state index contributed by atoms with van der Waals surface area (Å²) in [5, 5.41) is 18.3. The number of ether oxygens (including phenoxy) is 1. The van der Waals surface area contributed by atoms with Crippen molar-refractivity contribution >= 4 is 49.7 Å². The second-order valence-electron chi connectivity index (χ2n) is 6.16. The molecule has 0 spiro atoms. The molecule has 8 heteroatoms. The SMILES string of the molecule is CN(CCC#N)c1ccc(N=Nc2sc3cc(OCCCl)ccc3[n+]2C)cc1. The highest BCUT2D eigenvalue weighted by Gasteiger charge is 2.16. The molecule has 28 heavy (non-hydrogen) atoms. The first kappa shape index (κ1) is 20.1. The van der Waals surface area contributed by atoms with Crippen molar-refractivity contribution in [2.75, 3.05) is 31.0 Å². The van der Waals surface area contributed by atoms with E-state index in [-0.39, 0.29) is 0 Å². The number of anilines is 1. The predicted octanol–water partition coefficient (Wildman–Crippen LogP) is 5.11. The van der Waals surface area contributed by atoms with Crippen LogP contribution in [-0.2, 0) is 7.05 Å². The van der Waals surface area contributed by atoms with Gasteiger partial charge >= 0.3 is 5.13 Å². The number of hydrogen-bond donors (Lipinski definition) is 0. The second kappa shape index (κ2) is 9.49. The Hall–Kier alpha value is -2.69. The minimum Gasteiger partial charge on any atom is -0.492 e. The molecular weight excluding hydrogens is 394 g/mol. The van der Waals surface area contributed by atoms with Crippen molar-refractivity contribution in [2.24, 2.45) is 17.3 Å². The Labute approximate surface area is 173 Å². The zero-order valence-corrected chi connectivity index (χ0v) is 17.4. The summed E-state index contributed by atoms with van der Waals surface area (Å²) in [5.41, 5.74) is 2.90. The number of aromatic nitrogens is 1.